The molecule has 2 N–H and O–H groups in total. The molecule has 2 atom stereocenters. The first kappa shape index (κ1) is 9.74. The van der Waals surface area contributed by atoms with Crippen LogP contribution < -0.4 is 10.5 Å². The van der Waals surface area contributed by atoms with Gasteiger partial charge < -0.3 is 10.5 Å². The van der Waals surface area contributed by atoms with Gasteiger partial charge in [-0.05, 0) is 18.6 Å². The van der Waals surface area contributed by atoms with Crippen molar-refractivity contribution in [3.8, 4) is 5.75 Å². The van der Waals surface area contributed by atoms with Gasteiger partial charge in [-0.15, -0.1) is 0 Å². The van der Waals surface area contributed by atoms with Crippen LogP contribution in [0.3, 0.4) is 0 Å². The molecule has 0 fully saturated rings. The minimum Gasteiger partial charge on any atom is -0.485 e. The second-order valence-electron chi connectivity index (χ2n) is 3.40. The second kappa shape index (κ2) is 3.41. The van der Waals surface area contributed by atoms with E-state index in [2.05, 4.69) is 0 Å². The first-order valence-electron chi connectivity index (χ1n) is 4.54. The SMILES string of the molecule is CCC1Oc2c(F)cc(Cl)cc2C1N. The fourth-order valence-electron chi connectivity index (χ4n) is 1.71. The van der Waals surface area contributed by atoms with Crippen LogP contribution in [0, 0.1) is 5.82 Å². The smallest absolute Gasteiger partial charge is 0.166 e. The summed E-state index contributed by atoms with van der Waals surface area (Å²) in [5.74, 6) is -0.173. The standard InChI is InChI=1S/C10H11ClFNO/c1-2-8-9(13)6-3-5(11)4-7(12)10(6)14-8/h3-4,8-9H,2,13H2,1H3. The molecule has 2 rings (SSSR count). The molecule has 2 nitrogen and oxygen atoms in total. The van der Waals surface area contributed by atoms with Crippen molar-refractivity contribution in [3.05, 3.63) is 28.5 Å². The Hall–Kier alpha value is -0.800. The summed E-state index contributed by atoms with van der Waals surface area (Å²) in [6.07, 6.45) is 0.616. The molecule has 0 aromatic heterocycles. The van der Waals surface area contributed by atoms with Crippen LogP contribution in [0.1, 0.15) is 24.9 Å². The van der Waals surface area contributed by atoms with Crippen LogP contribution in [0.4, 0.5) is 4.39 Å². The summed E-state index contributed by atoms with van der Waals surface area (Å²) in [5, 5.41) is 0.358. The topological polar surface area (TPSA) is 35.2 Å². The quantitative estimate of drug-likeness (QED) is 0.782. The minimum atomic E-state index is -0.432. The Morgan fingerprint density at radius 1 is 1.57 bits per heavy atom. The van der Waals surface area contributed by atoms with E-state index in [-0.39, 0.29) is 17.9 Å². The van der Waals surface area contributed by atoms with Gasteiger partial charge in [-0.25, -0.2) is 4.39 Å². The van der Waals surface area contributed by atoms with Crippen molar-refractivity contribution in [2.24, 2.45) is 5.73 Å². The molecule has 1 aliphatic heterocycles. The van der Waals surface area contributed by atoms with Gasteiger partial charge in [-0.1, -0.05) is 18.5 Å². The second-order valence-corrected chi connectivity index (χ2v) is 3.83. The summed E-state index contributed by atoms with van der Waals surface area (Å²) >= 11 is 5.73. The number of ether oxygens (including phenoxy) is 1. The summed E-state index contributed by atoms with van der Waals surface area (Å²) in [6.45, 7) is 1.95. The fraction of sp³-hybridized carbons (Fsp3) is 0.400. The highest BCUT2D eigenvalue weighted by Gasteiger charge is 2.32. The molecule has 0 spiro atoms. The van der Waals surface area contributed by atoms with Crippen LogP contribution >= 0.6 is 11.6 Å². The minimum absolute atomic E-state index is 0.141. The first-order valence-corrected chi connectivity index (χ1v) is 4.92. The highest BCUT2D eigenvalue weighted by atomic mass is 35.5. The molecular formula is C10H11ClFNO. The van der Waals surface area contributed by atoms with E-state index >= 15 is 0 Å². The predicted octanol–water partition coefficient (Wildman–Crippen LogP) is 2.65. The highest BCUT2D eigenvalue weighted by molar-refractivity contribution is 6.30. The molecular weight excluding hydrogens is 205 g/mol. The summed E-state index contributed by atoms with van der Waals surface area (Å²) in [4.78, 5) is 0. The number of halogens is 2. The van der Waals surface area contributed by atoms with Crippen molar-refractivity contribution < 1.29 is 9.13 Å². The Labute approximate surface area is 86.8 Å². The molecule has 14 heavy (non-hydrogen) atoms. The van der Waals surface area contributed by atoms with Crippen molar-refractivity contribution in [2.45, 2.75) is 25.5 Å². The molecule has 0 saturated carbocycles. The van der Waals surface area contributed by atoms with Gasteiger partial charge in [0.2, 0.25) is 0 Å². The zero-order chi connectivity index (χ0) is 10.3. The van der Waals surface area contributed by atoms with Gasteiger partial charge in [0.15, 0.2) is 11.6 Å². The number of nitrogens with two attached hydrogens (primary N) is 1. The number of fused-ring (bicyclic) bond motifs is 1. The van der Waals surface area contributed by atoms with Crippen molar-refractivity contribution in [1.82, 2.24) is 0 Å². The van der Waals surface area contributed by atoms with Gasteiger partial charge in [0.25, 0.3) is 0 Å². The third kappa shape index (κ3) is 1.37. The monoisotopic (exact) mass is 215 g/mol. The van der Waals surface area contributed by atoms with Crippen LogP contribution in [0.2, 0.25) is 5.02 Å². The lowest BCUT2D eigenvalue weighted by Crippen LogP contribution is -2.24. The van der Waals surface area contributed by atoms with Crippen molar-refractivity contribution in [1.29, 1.82) is 0 Å². The van der Waals surface area contributed by atoms with Crippen LogP contribution in [0.25, 0.3) is 0 Å². The molecule has 1 aromatic carbocycles. The molecule has 0 aliphatic carbocycles. The fourth-order valence-corrected chi connectivity index (χ4v) is 1.93. The maximum atomic E-state index is 13.4. The van der Waals surface area contributed by atoms with Gasteiger partial charge in [0, 0.05) is 10.6 Å². The predicted molar refractivity (Wildman–Crippen MR) is 53.0 cm³/mol. The maximum Gasteiger partial charge on any atom is 0.166 e. The Kier molecular flexibility index (Phi) is 2.37. The largest absolute Gasteiger partial charge is 0.485 e. The van der Waals surface area contributed by atoms with Crippen molar-refractivity contribution in [3.63, 3.8) is 0 Å². The van der Waals surface area contributed by atoms with E-state index in [4.69, 9.17) is 22.1 Å². The van der Waals surface area contributed by atoms with Gasteiger partial charge >= 0.3 is 0 Å². The first-order chi connectivity index (χ1) is 6.63. The molecule has 2 unspecified atom stereocenters. The normalized spacial score (nSPS) is 24.6. The number of rotatable bonds is 1. The Bertz CT molecular complexity index is 369. The number of benzene rings is 1. The molecule has 1 heterocycles. The van der Waals surface area contributed by atoms with Gasteiger partial charge in [0.05, 0.1) is 6.04 Å². The molecule has 1 aromatic rings. The highest BCUT2D eigenvalue weighted by Crippen LogP contribution is 2.39. The number of hydrogen-bond acceptors (Lipinski definition) is 2. The van der Waals surface area contributed by atoms with Crippen LogP contribution in [0.15, 0.2) is 12.1 Å². The lowest BCUT2D eigenvalue weighted by atomic mass is 10.0. The molecule has 0 bridgehead atoms. The summed E-state index contributed by atoms with van der Waals surface area (Å²) in [7, 11) is 0. The van der Waals surface area contributed by atoms with E-state index in [9.17, 15) is 4.39 Å². The van der Waals surface area contributed by atoms with Crippen LogP contribution in [-0.2, 0) is 0 Å². The zero-order valence-electron chi connectivity index (χ0n) is 7.76. The molecule has 0 saturated heterocycles. The van der Waals surface area contributed by atoms with Crippen LogP contribution in [-0.4, -0.2) is 6.10 Å². The molecule has 1 aliphatic rings. The van der Waals surface area contributed by atoms with Gasteiger partial charge in [-0.3, -0.25) is 0 Å². The van der Waals surface area contributed by atoms with E-state index in [1.54, 1.807) is 6.07 Å². The van der Waals surface area contributed by atoms with Crippen LogP contribution in [0.5, 0.6) is 5.75 Å². The molecule has 0 amide bonds. The Morgan fingerprint density at radius 2 is 2.29 bits per heavy atom. The third-order valence-electron chi connectivity index (χ3n) is 2.47. The third-order valence-corrected chi connectivity index (χ3v) is 2.69. The van der Waals surface area contributed by atoms with E-state index in [1.807, 2.05) is 6.92 Å². The lowest BCUT2D eigenvalue weighted by Gasteiger charge is -2.11. The Balaban J connectivity index is 2.48. The lowest BCUT2D eigenvalue weighted by molar-refractivity contribution is 0.196. The molecule has 4 heteroatoms. The van der Waals surface area contributed by atoms with Gasteiger partial charge in [-0.2, -0.15) is 0 Å². The molecule has 0 radical (unpaired) electrons. The van der Waals surface area contributed by atoms with Gasteiger partial charge in [0.1, 0.15) is 6.10 Å². The van der Waals surface area contributed by atoms with E-state index in [0.717, 1.165) is 6.42 Å². The summed E-state index contributed by atoms with van der Waals surface area (Å²) < 4.78 is 18.8. The van der Waals surface area contributed by atoms with Crippen molar-refractivity contribution >= 4 is 11.6 Å². The maximum absolute atomic E-state index is 13.4. The average molecular weight is 216 g/mol. The summed E-state index contributed by atoms with van der Waals surface area (Å²) in [5.41, 5.74) is 6.56. The van der Waals surface area contributed by atoms with E-state index in [0.29, 0.717) is 10.6 Å². The molecule has 76 valence electrons. The summed E-state index contributed by atoms with van der Waals surface area (Å²) in [6, 6.07) is 2.63. The van der Waals surface area contributed by atoms with E-state index < -0.39 is 5.82 Å². The van der Waals surface area contributed by atoms with Crippen molar-refractivity contribution in [2.75, 3.05) is 0 Å². The number of hydrogen-bond donors (Lipinski definition) is 1. The zero-order valence-corrected chi connectivity index (χ0v) is 8.51. The van der Waals surface area contributed by atoms with E-state index in [1.165, 1.54) is 6.07 Å². The Morgan fingerprint density at radius 3 is 2.93 bits per heavy atom. The average Bonchev–Trinajstić information content (AvgIpc) is 2.44.